The Kier molecular flexibility index (Phi) is 3.54. The van der Waals surface area contributed by atoms with Gasteiger partial charge in [0.1, 0.15) is 0 Å². The van der Waals surface area contributed by atoms with Crippen molar-refractivity contribution in [3.8, 4) is 0 Å². The molecule has 0 aromatic heterocycles. The summed E-state index contributed by atoms with van der Waals surface area (Å²) in [6.45, 7) is 9.18. The second-order valence-electron chi connectivity index (χ2n) is 7.22. The van der Waals surface area contributed by atoms with Gasteiger partial charge < -0.3 is 15.1 Å². The van der Waals surface area contributed by atoms with Crippen LogP contribution in [0.3, 0.4) is 0 Å². The van der Waals surface area contributed by atoms with Crippen molar-refractivity contribution in [1.29, 1.82) is 0 Å². The van der Waals surface area contributed by atoms with Crippen LogP contribution in [0.5, 0.6) is 0 Å². The van der Waals surface area contributed by atoms with Gasteiger partial charge in [0.05, 0.1) is 11.7 Å². The van der Waals surface area contributed by atoms with Crippen LogP contribution in [0, 0.1) is 11.3 Å². The van der Waals surface area contributed by atoms with E-state index >= 15 is 0 Å². The monoisotopic (exact) mass is 241 g/mol. The third kappa shape index (κ3) is 3.43. The minimum absolute atomic E-state index is 0.145. The first-order valence-corrected chi connectivity index (χ1v) is 6.90. The van der Waals surface area contributed by atoms with Gasteiger partial charge in [0, 0.05) is 19.6 Å². The minimum Gasteiger partial charge on any atom is -0.393 e. The van der Waals surface area contributed by atoms with Crippen LogP contribution in [0.1, 0.15) is 46.5 Å². The molecule has 0 spiro atoms. The summed E-state index contributed by atoms with van der Waals surface area (Å²) in [5.41, 5.74) is -0.152. The molecule has 1 saturated carbocycles. The van der Waals surface area contributed by atoms with Crippen LogP contribution in [0.4, 0.5) is 0 Å². The number of aliphatic hydroxyl groups excluding tert-OH is 1. The Labute approximate surface area is 105 Å². The van der Waals surface area contributed by atoms with E-state index in [-0.39, 0.29) is 6.10 Å². The van der Waals surface area contributed by atoms with Crippen LogP contribution >= 0.6 is 0 Å². The van der Waals surface area contributed by atoms with Gasteiger partial charge in [0.15, 0.2) is 0 Å². The van der Waals surface area contributed by atoms with E-state index < -0.39 is 5.60 Å². The molecule has 17 heavy (non-hydrogen) atoms. The molecule has 2 fully saturated rings. The molecule has 3 unspecified atom stereocenters. The fourth-order valence-corrected chi connectivity index (χ4v) is 3.43. The molecule has 3 atom stereocenters. The van der Waals surface area contributed by atoms with Gasteiger partial charge in [0.2, 0.25) is 0 Å². The number of aliphatic hydroxyl groups is 2. The van der Waals surface area contributed by atoms with Gasteiger partial charge in [-0.15, -0.1) is 0 Å². The largest absolute Gasteiger partial charge is 0.393 e. The van der Waals surface area contributed by atoms with E-state index in [1.165, 1.54) is 0 Å². The first-order chi connectivity index (χ1) is 7.77. The molecule has 1 saturated heterocycles. The summed E-state index contributed by atoms with van der Waals surface area (Å²) in [7, 11) is 0. The summed E-state index contributed by atoms with van der Waals surface area (Å²) in [4.78, 5) is 2.31. The quantitative estimate of drug-likeness (QED) is 0.772. The molecular weight excluding hydrogens is 214 g/mol. The third-order valence-electron chi connectivity index (χ3n) is 4.50. The van der Waals surface area contributed by atoms with E-state index in [1.54, 1.807) is 0 Å². The normalized spacial score (nSPS) is 42.9. The summed E-state index contributed by atoms with van der Waals surface area (Å²) in [6.07, 6.45) is 3.88. The second-order valence-corrected chi connectivity index (χ2v) is 7.22. The first kappa shape index (κ1) is 13.3. The van der Waals surface area contributed by atoms with Crippen LogP contribution in [-0.4, -0.2) is 46.5 Å². The predicted octanol–water partition coefficient (Wildman–Crippen LogP) is 1.63. The molecule has 2 aliphatic rings. The van der Waals surface area contributed by atoms with Gasteiger partial charge in [-0.1, -0.05) is 13.8 Å². The van der Waals surface area contributed by atoms with Crippen LogP contribution in [0.2, 0.25) is 0 Å². The van der Waals surface area contributed by atoms with Gasteiger partial charge in [-0.25, -0.2) is 0 Å². The lowest BCUT2D eigenvalue weighted by Gasteiger charge is -2.40. The summed E-state index contributed by atoms with van der Waals surface area (Å²) < 4.78 is 0. The van der Waals surface area contributed by atoms with Crippen molar-refractivity contribution < 1.29 is 10.2 Å². The Bertz CT molecular complexity index is 275. The van der Waals surface area contributed by atoms with Crippen molar-refractivity contribution in [3.05, 3.63) is 0 Å². The number of rotatable bonds is 2. The fourth-order valence-electron chi connectivity index (χ4n) is 3.43. The van der Waals surface area contributed by atoms with E-state index in [0.29, 0.717) is 11.3 Å². The molecule has 0 aromatic carbocycles. The van der Waals surface area contributed by atoms with Crippen molar-refractivity contribution in [2.75, 3.05) is 19.6 Å². The third-order valence-corrected chi connectivity index (χ3v) is 4.50. The van der Waals surface area contributed by atoms with Gasteiger partial charge >= 0.3 is 0 Å². The van der Waals surface area contributed by atoms with Crippen molar-refractivity contribution in [3.63, 3.8) is 0 Å². The molecule has 1 aliphatic heterocycles. The lowest BCUT2D eigenvalue weighted by Crippen LogP contribution is -2.41. The van der Waals surface area contributed by atoms with Crippen molar-refractivity contribution in [2.45, 2.75) is 58.2 Å². The van der Waals surface area contributed by atoms with Crippen molar-refractivity contribution >= 4 is 0 Å². The van der Waals surface area contributed by atoms with Crippen LogP contribution in [0.25, 0.3) is 0 Å². The number of β-amino-alcohol motifs (C(OH)–C–C–N with tert-alkyl or cyclic N) is 1. The lowest BCUT2D eigenvalue weighted by molar-refractivity contribution is 0.00185. The van der Waals surface area contributed by atoms with Gasteiger partial charge in [-0.3, -0.25) is 0 Å². The zero-order valence-electron chi connectivity index (χ0n) is 11.4. The highest BCUT2D eigenvalue weighted by Crippen LogP contribution is 2.39. The molecule has 2 rings (SSSR count). The summed E-state index contributed by atoms with van der Waals surface area (Å²) in [5, 5.41) is 20.1. The maximum atomic E-state index is 10.1. The fraction of sp³-hybridized carbons (Fsp3) is 1.00. The number of hydrogen-bond donors (Lipinski definition) is 2. The Hall–Kier alpha value is -0.120. The number of likely N-dealkylation sites (tertiary alicyclic amines) is 1. The average molecular weight is 241 g/mol. The molecule has 3 heteroatoms. The zero-order chi connectivity index (χ0) is 12.7. The molecule has 0 amide bonds. The summed E-state index contributed by atoms with van der Waals surface area (Å²) in [6, 6.07) is 0. The van der Waals surface area contributed by atoms with Crippen LogP contribution < -0.4 is 0 Å². The highest BCUT2D eigenvalue weighted by Gasteiger charge is 2.37. The van der Waals surface area contributed by atoms with Gasteiger partial charge in [-0.05, 0) is 43.9 Å². The maximum Gasteiger partial charge on any atom is 0.0758 e. The Morgan fingerprint density at radius 2 is 1.94 bits per heavy atom. The zero-order valence-corrected chi connectivity index (χ0v) is 11.4. The molecule has 0 bridgehead atoms. The van der Waals surface area contributed by atoms with E-state index in [4.69, 9.17) is 0 Å². The highest BCUT2D eigenvalue weighted by atomic mass is 16.3. The Balaban J connectivity index is 1.89. The first-order valence-electron chi connectivity index (χ1n) is 6.90. The molecule has 2 N–H and O–H groups in total. The molecular formula is C14H27NO2. The van der Waals surface area contributed by atoms with E-state index in [9.17, 15) is 10.2 Å². The van der Waals surface area contributed by atoms with E-state index in [0.717, 1.165) is 45.3 Å². The number of hydrogen-bond acceptors (Lipinski definition) is 3. The van der Waals surface area contributed by atoms with Crippen LogP contribution in [-0.2, 0) is 0 Å². The van der Waals surface area contributed by atoms with E-state index in [2.05, 4.69) is 18.7 Å². The standard InChI is InChI=1S/C14H27NO2/c1-13(2)5-4-12(16)11(8-13)9-15-7-6-14(3,17)10-15/h11-12,16-17H,4-10H2,1-3H3. The molecule has 1 heterocycles. The topological polar surface area (TPSA) is 43.7 Å². The maximum absolute atomic E-state index is 10.1. The number of nitrogens with zero attached hydrogens (tertiary/aromatic N) is 1. The van der Waals surface area contributed by atoms with Crippen molar-refractivity contribution in [2.24, 2.45) is 11.3 Å². The predicted molar refractivity (Wildman–Crippen MR) is 68.8 cm³/mol. The molecule has 0 radical (unpaired) electrons. The minimum atomic E-state index is -0.519. The molecule has 100 valence electrons. The van der Waals surface area contributed by atoms with Crippen molar-refractivity contribution in [1.82, 2.24) is 4.90 Å². The van der Waals surface area contributed by atoms with E-state index in [1.807, 2.05) is 6.92 Å². The second kappa shape index (κ2) is 4.52. The lowest BCUT2D eigenvalue weighted by atomic mass is 9.71. The molecule has 1 aliphatic carbocycles. The summed E-state index contributed by atoms with van der Waals surface area (Å²) >= 11 is 0. The molecule has 3 nitrogen and oxygen atoms in total. The Morgan fingerprint density at radius 1 is 1.24 bits per heavy atom. The van der Waals surface area contributed by atoms with Gasteiger partial charge in [0.25, 0.3) is 0 Å². The smallest absolute Gasteiger partial charge is 0.0758 e. The summed E-state index contributed by atoms with van der Waals surface area (Å²) in [5.74, 6) is 0.382. The van der Waals surface area contributed by atoms with Crippen LogP contribution in [0.15, 0.2) is 0 Å². The average Bonchev–Trinajstić information content (AvgIpc) is 2.52. The van der Waals surface area contributed by atoms with Gasteiger partial charge in [-0.2, -0.15) is 0 Å². The SMILES string of the molecule is CC1(C)CCC(O)C(CN2CCC(C)(O)C2)C1. The highest BCUT2D eigenvalue weighted by molar-refractivity contribution is 4.91. The Morgan fingerprint density at radius 3 is 2.53 bits per heavy atom. The molecule has 0 aromatic rings.